The highest BCUT2D eigenvalue weighted by molar-refractivity contribution is 7.07. The summed E-state index contributed by atoms with van der Waals surface area (Å²) >= 11 is 1.30. The van der Waals surface area contributed by atoms with Gasteiger partial charge in [0.25, 0.3) is 11.5 Å². The van der Waals surface area contributed by atoms with Gasteiger partial charge in [0.05, 0.1) is 29.0 Å². The van der Waals surface area contributed by atoms with Gasteiger partial charge in [-0.15, -0.1) is 0 Å². The number of amides is 1. The van der Waals surface area contributed by atoms with Crippen LogP contribution < -0.4 is 19.6 Å². The Kier molecular flexibility index (Phi) is 7.46. The van der Waals surface area contributed by atoms with Crippen LogP contribution in [0.2, 0.25) is 0 Å². The van der Waals surface area contributed by atoms with Crippen LogP contribution in [0.25, 0.3) is 27.8 Å². The van der Waals surface area contributed by atoms with Crippen LogP contribution in [0, 0.1) is 11.3 Å². The van der Waals surface area contributed by atoms with Crippen molar-refractivity contribution < 1.29 is 9.53 Å². The lowest BCUT2D eigenvalue weighted by Crippen LogP contribution is -2.43. The summed E-state index contributed by atoms with van der Waals surface area (Å²) in [5.74, 6) is 0.442. The first-order valence-corrected chi connectivity index (χ1v) is 15.1. The molecule has 0 fully saturated rings. The number of para-hydroxylation sites is 1. The van der Waals surface area contributed by atoms with Crippen molar-refractivity contribution >= 4 is 45.0 Å². The molecule has 1 aliphatic heterocycles. The summed E-state index contributed by atoms with van der Waals surface area (Å²) in [5.41, 5.74) is 3.31. The minimum absolute atomic E-state index is 0.153. The number of hydrogen-bond acceptors (Lipinski definition) is 6. The zero-order valence-corrected chi connectivity index (χ0v) is 25.3. The molecule has 1 aliphatic rings. The Labute approximate surface area is 252 Å². The van der Waals surface area contributed by atoms with Crippen LogP contribution >= 0.6 is 11.3 Å². The minimum atomic E-state index is -0.743. The predicted octanol–water partition coefficient (Wildman–Crippen LogP) is 4.74. The van der Waals surface area contributed by atoms with Gasteiger partial charge < -0.3 is 14.2 Å². The number of thiazole rings is 1. The van der Waals surface area contributed by atoms with Crippen molar-refractivity contribution in [3.63, 3.8) is 0 Å². The maximum atomic E-state index is 14.4. The van der Waals surface area contributed by atoms with E-state index in [0.717, 1.165) is 32.8 Å². The van der Waals surface area contributed by atoms with Crippen molar-refractivity contribution in [1.82, 2.24) is 14.0 Å². The van der Waals surface area contributed by atoms with Crippen molar-refractivity contribution in [2.45, 2.75) is 33.4 Å². The van der Waals surface area contributed by atoms with Gasteiger partial charge in [0.2, 0.25) is 0 Å². The second-order valence-electron chi connectivity index (χ2n) is 10.3. The molecule has 216 valence electrons. The first-order valence-electron chi connectivity index (χ1n) is 14.2. The number of ether oxygens (including phenoxy) is 1. The molecule has 1 atom stereocenters. The Bertz CT molecular complexity index is 2160. The summed E-state index contributed by atoms with van der Waals surface area (Å²) in [6.45, 7) is 7.00. The van der Waals surface area contributed by atoms with E-state index in [4.69, 9.17) is 9.73 Å². The van der Waals surface area contributed by atoms with Gasteiger partial charge in [-0.05, 0) is 49.8 Å². The van der Waals surface area contributed by atoms with Gasteiger partial charge in [-0.2, -0.15) is 5.26 Å². The topological polar surface area (TPSA) is 92.6 Å². The van der Waals surface area contributed by atoms with Crippen LogP contribution in [-0.2, 0) is 11.3 Å². The van der Waals surface area contributed by atoms with Gasteiger partial charge in [-0.25, -0.2) is 4.99 Å². The zero-order chi connectivity index (χ0) is 30.2. The van der Waals surface area contributed by atoms with Crippen molar-refractivity contribution in [1.29, 1.82) is 5.26 Å². The maximum absolute atomic E-state index is 14.4. The predicted molar refractivity (Wildman–Crippen MR) is 170 cm³/mol. The standard InChI is InChI=1S/C34H31N5O3S/c1-5-37(6-2)33(41)29-21(3)36-34-39(31(29)30-25-13-8-7-11-22(25)15-16-27(30)42-4)32(40)28(43-34)19-23-20-38(18-17-35)26-14-10-9-12-24(23)26/h7-16,19-20,31H,5-6,18H2,1-4H3/b28-19+/t31-/m0/s1. The smallest absolute Gasteiger partial charge is 0.271 e. The second-order valence-corrected chi connectivity index (χ2v) is 11.4. The number of nitrogens with zero attached hydrogens (tertiary/aromatic N) is 5. The van der Waals surface area contributed by atoms with E-state index in [-0.39, 0.29) is 18.0 Å². The molecule has 0 unspecified atom stereocenters. The molecule has 0 N–H and O–H groups in total. The molecule has 9 heteroatoms. The molecular formula is C34H31N5O3S. The van der Waals surface area contributed by atoms with Gasteiger partial charge >= 0.3 is 0 Å². The van der Waals surface area contributed by atoms with Crippen molar-refractivity contribution in [2.75, 3.05) is 20.2 Å². The Morgan fingerprint density at radius 3 is 2.53 bits per heavy atom. The molecule has 6 rings (SSSR count). The van der Waals surface area contributed by atoms with Crippen LogP contribution in [0.15, 0.2) is 87.9 Å². The molecule has 0 bridgehead atoms. The third-order valence-electron chi connectivity index (χ3n) is 8.07. The van der Waals surface area contributed by atoms with E-state index < -0.39 is 6.04 Å². The molecule has 3 aromatic carbocycles. The monoisotopic (exact) mass is 589 g/mol. The average Bonchev–Trinajstić information content (AvgIpc) is 3.52. The number of aromatic nitrogens is 2. The highest BCUT2D eigenvalue weighted by Crippen LogP contribution is 2.40. The lowest BCUT2D eigenvalue weighted by atomic mass is 9.90. The Balaban J connectivity index is 1.66. The Hall–Kier alpha value is -4.94. The van der Waals surface area contributed by atoms with Crippen LogP contribution in [-0.4, -0.2) is 40.1 Å². The Morgan fingerprint density at radius 1 is 1.09 bits per heavy atom. The summed E-state index contributed by atoms with van der Waals surface area (Å²) in [5, 5.41) is 12.2. The van der Waals surface area contributed by atoms with Crippen molar-refractivity contribution in [2.24, 2.45) is 4.99 Å². The first kappa shape index (κ1) is 28.2. The second kappa shape index (κ2) is 11.4. The number of fused-ring (bicyclic) bond motifs is 3. The molecule has 0 saturated carbocycles. The normalized spacial score (nSPS) is 15.0. The number of methoxy groups -OCH3 is 1. The number of nitriles is 1. The van der Waals surface area contributed by atoms with E-state index in [2.05, 4.69) is 6.07 Å². The van der Waals surface area contributed by atoms with E-state index >= 15 is 0 Å². The fourth-order valence-corrected chi connectivity index (χ4v) is 7.06. The van der Waals surface area contributed by atoms with Crippen LogP contribution in [0.1, 0.15) is 37.9 Å². The summed E-state index contributed by atoms with van der Waals surface area (Å²) in [6.07, 6.45) is 3.76. The minimum Gasteiger partial charge on any atom is -0.496 e. The third kappa shape index (κ3) is 4.64. The fourth-order valence-electron chi connectivity index (χ4n) is 6.02. The van der Waals surface area contributed by atoms with E-state index in [1.807, 2.05) is 98.3 Å². The molecule has 0 aliphatic carbocycles. The molecule has 0 spiro atoms. The third-order valence-corrected chi connectivity index (χ3v) is 9.06. The van der Waals surface area contributed by atoms with Gasteiger partial charge in [-0.1, -0.05) is 59.9 Å². The SMILES string of the molecule is CCN(CC)C(=O)C1=C(C)N=c2s/c(=C/c3cn(CC#N)c4ccccc34)c(=O)n2[C@@H]1c1c(OC)ccc2ccccc12. The van der Waals surface area contributed by atoms with E-state index in [1.165, 1.54) is 11.3 Å². The molecule has 5 aromatic rings. The van der Waals surface area contributed by atoms with Crippen LogP contribution in [0.4, 0.5) is 0 Å². The summed E-state index contributed by atoms with van der Waals surface area (Å²) < 4.78 is 9.91. The largest absolute Gasteiger partial charge is 0.496 e. The van der Waals surface area contributed by atoms with Gasteiger partial charge in [0.15, 0.2) is 4.80 Å². The molecule has 8 nitrogen and oxygen atoms in total. The number of rotatable bonds is 7. The quantitative estimate of drug-likeness (QED) is 0.274. The number of allylic oxidation sites excluding steroid dienone is 1. The van der Waals surface area contributed by atoms with Crippen LogP contribution in [0.5, 0.6) is 5.75 Å². The fraction of sp³-hybridized carbons (Fsp3) is 0.235. The van der Waals surface area contributed by atoms with Gasteiger partial charge in [0, 0.05) is 41.3 Å². The average molecular weight is 590 g/mol. The van der Waals surface area contributed by atoms with Crippen LogP contribution in [0.3, 0.4) is 0 Å². The zero-order valence-electron chi connectivity index (χ0n) is 24.5. The summed E-state index contributed by atoms with van der Waals surface area (Å²) in [6, 6.07) is 21.1. The lowest BCUT2D eigenvalue weighted by Gasteiger charge is -2.30. The van der Waals surface area contributed by atoms with Crippen molar-refractivity contribution in [3.05, 3.63) is 109 Å². The molecular weight excluding hydrogens is 558 g/mol. The number of carbonyl (C=O) groups is 1. The maximum Gasteiger partial charge on any atom is 0.271 e. The van der Waals surface area contributed by atoms with E-state index in [0.29, 0.717) is 39.4 Å². The molecule has 0 radical (unpaired) electrons. The van der Waals surface area contributed by atoms with Gasteiger partial charge in [-0.3, -0.25) is 14.2 Å². The molecule has 43 heavy (non-hydrogen) atoms. The lowest BCUT2D eigenvalue weighted by molar-refractivity contribution is -0.127. The van der Waals surface area contributed by atoms with E-state index in [1.54, 1.807) is 16.6 Å². The molecule has 2 aromatic heterocycles. The number of likely N-dealkylation sites (N-methyl/N-ethyl adjacent to an activating group) is 1. The highest BCUT2D eigenvalue weighted by atomic mass is 32.1. The number of carbonyl (C=O) groups excluding carboxylic acids is 1. The Morgan fingerprint density at radius 2 is 1.81 bits per heavy atom. The molecule has 3 heterocycles. The number of hydrogen-bond donors (Lipinski definition) is 0. The molecule has 1 amide bonds. The first-order chi connectivity index (χ1) is 20.9. The van der Waals surface area contributed by atoms with E-state index in [9.17, 15) is 14.9 Å². The van der Waals surface area contributed by atoms with Gasteiger partial charge in [0.1, 0.15) is 18.3 Å². The summed E-state index contributed by atoms with van der Waals surface area (Å²) in [7, 11) is 1.61. The number of benzene rings is 3. The highest BCUT2D eigenvalue weighted by Gasteiger charge is 2.36. The van der Waals surface area contributed by atoms with Crippen molar-refractivity contribution in [3.8, 4) is 11.8 Å². The molecule has 0 saturated heterocycles. The summed E-state index contributed by atoms with van der Waals surface area (Å²) in [4.78, 5) is 35.7.